The molecule has 20 heavy (non-hydrogen) atoms. The van der Waals surface area contributed by atoms with Gasteiger partial charge >= 0.3 is 5.97 Å². The quantitative estimate of drug-likeness (QED) is 0.451. The van der Waals surface area contributed by atoms with Gasteiger partial charge in [-0.05, 0) is 11.6 Å². The minimum Gasteiger partial charge on any atom is -0.480 e. The van der Waals surface area contributed by atoms with Crippen LogP contribution in [0.15, 0.2) is 18.2 Å². The molecule has 0 saturated heterocycles. The molecule has 5 nitrogen and oxygen atoms in total. The van der Waals surface area contributed by atoms with Gasteiger partial charge in [0.25, 0.3) is 11.8 Å². The van der Waals surface area contributed by atoms with Gasteiger partial charge < -0.3 is 5.11 Å². The molecule has 1 atom stereocenters. The van der Waals surface area contributed by atoms with Crippen molar-refractivity contribution in [3.63, 3.8) is 0 Å². The van der Waals surface area contributed by atoms with Gasteiger partial charge in [-0.1, -0.05) is 75.9 Å². The highest BCUT2D eigenvalue weighted by atomic mass is 80.0. The van der Waals surface area contributed by atoms with E-state index in [0.29, 0.717) is 0 Å². The molecule has 1 aromatic carbocycles. The summed E-state index contributed by atoms with van der Waals surface area (Å²) in [6, 6.07) is 4.45. The molecule has 1 heterocycles. The molecule has 0 saturated carbocycles. The summed E-state index contributed by atoms with van der Waals surface area (Å²) in [5.41, 5.74) is 0.338. The maximum absolute atomic E-state index is 11.9. The summed E-state index contributed by atoms with van der Waals surface area (Å²) in [6.07, 6.45) is 0. The van der Waals surface area contributed by atoms with Gasteiger partial charge in [-0.2, -0.15) is 0 Å². The van der Waals surface area contributed by atoms with Crippen LogP contribution in [-0.2, 0) is 9.12 Å². The number of nitrogens with one attached hydrogen (secondary N) is 1. The Morgan fingerprint density at radius 2 is 1.70 bits per heavy atom. The van der Waals surface area contributed by atoms with Crippen LogP contribution in [0.25, 0.3) is 0 Å². The number of amides is 2. The molecule has 0 aromatic heterocycles. The number of halogens is 4. The van der Waals surface area contributed by atoms with Crippen molar-refractivity contribution in [2.45, 2.75) is 6.47 Å². The largest absolute Gasteiger partial charge is 0.480 e. The van der Waals surface area contributed by atoms with Crippen LogP contribution in [0.1, 0.15) is 26.3 Å². The fourth-order valence-electron chi connectivity index (χ4n) is 1.90. The Balaban J connectivity index is 2.80. The molecule has 9 heteroatoms. The molecular formula is C11H5Br4NO4. The number of aliphatic carboxylic acids is 1. The molecule has 0 radical (unpaired) electrons. The molecule has 2 N–H and O–H groups in total. The Morgan fingerprint density at radius 1 is 1.10 bits per heavy atom. The van der Waals surface area contributed by atoms with Gasteiger partial charge in [0.2, 0.25) is 0 Å². The maximum atomic E-state index is 11.9. The second-order valence-electron chi connectivity index (χ2n) is 3.97. The van der Waals surface area contributed by atoms with Gasteiger partial charge in [0, 0.05) is 0 Å². The van der Waals surface area contributed by atoms with E-state index in [1.165, 1.54) is 18.2 Å². The van der Waals surface area contributed by atoms with Crippen molar-refractivity contribution in [2.75, 3.05) is 0 Å². The van der Waals surface area contributed by atoms with Crippen molar-refractivity contribution in [3.8, 4) is 0 Å². The molecular weight excluding hydrogens is 530 g/mol. The number of benzene rings is 1. The summed E-state index contributed by atoms with van der Waals surface area (Å²) in [7, 11) is 0. The number of carbonyl (C=O) groups excluding carboxylic acids is 2. The number of alkyl halides is 4. The normalized spacial score (nSPS) is 17.4. The van der Waals surface area contributed by atoms with Crippen LogP contribution in [0.5, 0.6) is 0 Å². The highest BCUT2D eigenvalue weighted by molar-refractivity contribution is 9.40. The predicted octanol–water partition coefficient (Wildman–Crippen LogP) is 3.08. The number of hydrogen-bond acceptors (Lipinski definition) is 3. The highest BCUT2D eigenvalue weighted by Crippen LogP contribution is 2.56. The van der Waals surface area contributed by atoms with E-state index >= 15 is 0 Å². The van der Waals surface area contributed by atoms with E-state index in [1.54, 1.807) is 0 Å². The molecule has 0 spiro atoms. The number of imide groups is 1. The molecule has 1 aromatic rings. The van der Waals surface area contributed by atoms with E-state index in [-0.39, 0.29) is 16.7 Å². The van der Waals surface area contributed by atoms with Crippen molar-refractivity contribution in [3.05, 3.63) is 34.9 Å². The summed E-state index contributed by atoms with van der Waals surface area (Å²) in [5, 5.41) is 11.7. The fourth-order valence-corrected chi connectivity index (χ4v) is 3.38. The van der Waals surface area contributed by atoms with E-state index in [1.807, 2.05) is 0 Å². The first-order valence-corrected chi connectivity index (χ1v) is 8.26. The highest BCUT2D eigenvalue weighted by Gasteiger charge is 2.55. The monoisotopic (exact) mass is 531 g/mol. The van der Waals surface area contributed by atoms with E-state index in [4.69, 9.17) is 0 Å². The molecule has 0 fully saturated rings. The van der Waals surface area contributed by atoms with Crippen LogP contribution < -0.4 is 5.32 Å². The second kappa shape index (κ2) is 5.19. The van der Waals surface area contributed by atoms with Crippen LogP contribution in [0.4, 0.5) is 0 Å². The number of carbonyl (C=O) groups is 3. The third-order valence-electron chi connectivity index (χ3n) is 2.82. The van der Waals surface area contributed by atoms with Crippen molar-refractivity contribution in [2.24, 2.45) is 0 Å². The Kier molecular flexibility index (Phi) is 4.18. The van der Waals surface area contributed by atoms with Crippen molar-refractivity contribution >= 4 is 81.5 Å². The summed E-state index contributed by atoms with van der Waals surface area (Å²) in [4.78, 5) is 35.2. The van der Waals surface area contributed by atoms with Gasteiger partial charge in [0.05, 0.1) is 11.1 Å². The molecule has 1 aliphatic heterocycles. The van der Waals surface area contributed by atoms with Gasteiger partial charge in [-0.15, -0.1) is 0 Å². The predicted molar refractivity (Wildman–Crippen MR) is 86.0 cm³/mol. The van der Waals surface area contributed by atoms with Gasteiger partial charge in [-0.3, -0.25) is 19.7 Å². The lowest BCUT2D eigenvalue weighted by Gasteiger charge is -2.32. The minimum absolute atomic E-state index is 0.0412. The standard InChI is InChI=1S/C11H5Br4NO4/c12-10(9(19)20,11(13,14)15)5-3-1-2-4-6(5)8(18)16-7(4)17/h1-3H,(H,19,20)(H,16,17,18). The van der Waals surface area contributed by atoms with E-state index in [0.717, 1.165) is 0 Å². The fraction of sp³-hybridized carbons (Fsp3) is 0.182. The second-order valence-corrected chi connectivity index (χ2v) is 11.9. The van der Waals surface area contributed by atoms with E-state index < -0.39 is 24.3 Å². The summed E-state index contributed by atoms with van der Waals surface area (Å²) in [5.74, 6) is -2.41. The zero-order valence-corrected chi connectivity index (χ0v) is 15.8. The molecule has 106 valence electrons. The zero-order valence-electron chi connectivity index (χ0n) is 9.42. The number of hydrogen-bond donors (Lipinski definition) is 2. The zero-order chi connectivity index (χ0) is 15.3. The average molecular weight is 535 g/mol. The first-order valence-electron chi connectivity index (χ1n) is 5.09. The Hall–Kier alpha value is -0.250. The minimum atomic E-state index is -1.71. The van der Waals surface area contributed by atoms with E-state index in [2.05, 4.69) is 69.0 Å². The lowest BCUT2D eigenvalue weighted by molar-refractivity contribution is -0.139. The molecule has 1 aliphatic rings. The lowest BCUT2D eigenvalue weighted by atomic mass is 9.93. The molecule has 2 amide bonds. The summed E-state index contributed by atoms with van der Waals surface area (Å²) < 4.78 is -2.99. The third-order valence-corrected chi connectivity index (χ3v) is 7.56. The molecule has 1 unspecified atom stereocenters. The number of fused-ring (bicyclic) bond motifs is 1. The third kappa shape index (κ3) is 2.28. The van der Waals surface area contributed by atoms with Crippen molar-refractivity contribution in [1.82, 2.24) is 5.32 Å². The molecule has 2 rings (SSSR count). The smallest absolute Gasteiger partial charge is 0.328 e. The average Bonchev–Trinajstić information content (AvgIpc) is 2.62. The Bertz CT molecular complexity index is 640. The SMILES string of the molecule is O=C1NC(=O)c2c1cccc2C(Br)(C(=O)O)C(Br)(Br)Br. The summed E-state index contributed by atoms with van der Waals surface area (Å²) in [6.45, 7) is 0. The number of carboxylic acids is 1. The van der Waals surface area contributed by atoms with Crippen LogP contribution in [-0.4, -0.2) is 25.0 Å². The van der Waals surface area contributed by atoms with Crippen LogP contribution in [0.3, 0.4) is 0 Å². The van der Waals surface area contributed by atoms with Crippen molar-refractivity contribution < 1.29 is 19.5 Å². The summed E-state index contributed by atoms with van der Waals surface area (Å²) >= 11 is 12.7. The first kappa shape index (κ1) is 16.1. The topological polar surface area (TPSA) is 83.5 Å². The number of carboxylic acid groups (broad SMARTS) is 1. The van der Waals surface area contributed by atoms with Crippen LogP contribution >= 0.6 is 63.7 Å². The van der Waals surface area contributed by atoms with Gasteiger partial charge in [0.15, 0.2) is 6.47 Å². The first-order chi connectivity index (χ1) is 9.10. The Labute approximate surface area is 147 Å². The number of rotatable bonds is 2. The van der Waals surface area contributed by atoms with Gasteiger partial charge in [-0.25, -0.2) is 0 Å². The van der Waals surface area contributed by atoms with Gasteiger partial charge in [0.1, 0.15) is 0 Å². The lowest BCUT2D eigenvalue weighted by Crippen LogP contribution is -2.42. The van der Waals surface area contributed by atoms with Crippen LogP contribution in [0.2, 0.25) is 0 Å². The molecule has 0 aliphatic carbocycles. The molecule has 0 bridgehead atoms. The van der Waals surface area contributed by atoms with Crippen LogP contribution in [0, 0.1) is 0 Å². The Morgan fingerprint density at radius 3 is 2.20 bits per heavy atom. The van der Waals surface area contributed by atoms with Crippen molar-refractivity contribution in [1.29, 1.82) is 0 Å². The maximum Gasteiger partial charge on any atom is 0.328 e. The van der Waals surface area contributed by atoms with E-state index in [9.17, 15) is 19.5 Å².